The third-order valence-electron chi connectivity index (χ3n) is 1.90. The Labute approximate surface area is 116 Å². The van der Waals surface area contributed by atoms with Crippen LogP contribution in [0.25, 0.3) is 0 Å². The maximum absolute atomic E-state index is 11.4. The Bertz CT molecular complexity index is 524. The Morgan fingerprint density at radius 1 is 1.37 bits per heavy atom. The molecule has 6 heteroatoms. The molecule has 0 heterocycles. The molecule has 0 bridgehead atoms. The van der Waals surface area contributed by atoms with Crippen molar-refractivity contribution < 1.29 is 9.53 Å². The summed E-state index contributed by atoms with van der Waals surface area (Å²) < 4.78 is 5.00. The molecule has 19 heavy (non-hydrogen) atoms. The summed E-state index contributed by atoms with van der Waals surface area (Å²) in [6, 6.07) is 8.50. The fraction of sp³-hybridized carbons (Fsp3) is 0.308. The van der Waals surface area contributed by atoms with Gasteiger partial charge in [0.1, 0.15) is 5.60 Å². The summed E-state index contributed by atoms with van der Waals surface area (Å²) >= 11 is 5.91. The van der Waals surface area contributed by atoms with Gasteiger partial charge >= 0.3 is 6.09 Å². The smallest absolute Gasteiger partial charge is 0.428 e. The van der Waals surface area contributed by atoms with Gasteiger partial charge in [-0.05, 0) is 32.9 Å². The third-order valence-corrected chi connectivity index (χ3v) is 2.20. The van der Waals surface area contributed by atoms with E-state index in [9.17, 15) is 4.79 Å². The Morgan fingerprint density at radius 2 is 1.95 bits per heavy atom. The van der Waals surface area contributed by atoms with Gasteiger partial charge in [0.2, 0.25) is 0 Å². The Morgan fingerprint density at radius 3 is 2.42 bits per heavy atom. The van der Waals surface area contributed by atoms with Crippen LogP contribution in [-0.4, -0.2) is 16.9 Å². The van der Waals surface area contributed by atoms with Crippen molar-refractivity contribution in [3.05, 3.63) is 35.4 Å². The summed E-state index contributed by atoms with van der Waals surface area (Å²) in [5.74, 6) is 0. The SMILES string of the molecule is CC(C)(C)OC(=O)N/N=C(/Cl)c1ccc(C#N)cc1. The normalized spacial score (nSPS) is 11.6. The van der Waals surface area contributed by atoms with Gasteiger partial charge in [-0.3, -0.25) is 0 Å². The minimum Gasteiger partial charge on any atom is -0.443 e. The minimum absolute atomic E-state index is 0.107. The van der Waals surface area contributed by atoms with Crippen LogP contribution in [-0.2, 0) is 4.74 Å². The number of carbonyl (C=O) groups is 1. The van der Waals surface area contributed by atoms with Gasteiger partial charge in [0.25, 0.3) is 0 Å². The second-order valence-electron chi connectivity index (χ2n) is 4.71. The first kappa shape index (κ1) is 15.0. The fourth-order valence-corrected chi connectivity index (χ4v) is 1.31. The third kappa shape index (κ3) is 5.40. The van der Waals surface area contributed by atoms with Crippen LogP contribution in [0.2, 0.25) is 0 Å². The molecule has 0 saturated heterocycles. The van der Waals surface area contributed by atoms with E-state index in [0.29, 0.717) is 11.1 Å². The van der Waals surface area contributed by atoms with Crippen LogP contribution in [0.5, 0.6) is 0 Å². The zero-order valence-electron chi connectivity index (χ0n) is 10.9. The van der Waals surface area contributed by atoms with Crippen molar-refractivity contribution in [1.29, 1.82) is 5.26 Å². The summed E-state index contributed by atoms with van der Waals surface area (Å²) in [7, 11) is 0. The summed E-state index contributed by atoms with van der Waals surface area (Å²) in [4.78, 5) is 11.4. The van der Waals surface area contributed by atoms with Gasteiger partial charge < -0.3 is 4.74 Å². The number of rotatable bonds is 2. The highest BCUT2D eigenvalue weighted by Gasteiger charge is 2.15. The molecule has 1 aromatic rings. The maximum Gasteiger partial charge on any atom is 0.428 e. The van der Waals surface area contributed by atoms with Crippen LogP contribution < -0.4 is 5.43 Å². The molecule has 0 spiro atoms. The molecule has 0 unspecified atom stereocenters. The highest BCUT2D eigenvalue weighted by atomic mass is 35.5. The molecule has 0 aliphatic rings. The molecule has 0 radical (unpaired) electrons. The van der Waals surface area contributed by atoms with E-state index in [1.807, 2.05) is 6.07 Å². The number of halogens is 1. The molecule has 0 fully saturated rings. The van der Waals surface area contributed by atoms with Gasteiger partial charge in [0.15, 0.2) is 5.17 Å². The zero-order chi connectivity index (χ0) is 14.5. The molecular formula is C13H14ClN3O2. The van der Waals surface area contributed by atoms with E-state index in [4.69, 9.17) is 21.6 Å². The van der Waals surface area contributed by atoms with Gasteiger partial charge in [-0.1, -0.05) is 23.7 Å². The van der Waals surface area contributed by atoms with E-state index < -0.39 is 11.7 Å². The van der Waals surface area contributed by atoms with E-state index in [1.165, 1.54) is 0 Å². The van der Waals surface area contributed by atoms with Crippen LogP contribution in [0, 0.1) is 11.3 Å². The van der Waals surface area contributed by atoms with Crippen molar-refractivity contribution in [3.8, 4) is 6.07 Å². The molecule has 5 nitrogen and oxygen atoms in total. The molecule has 1 amide bonds. The Hall–Kier alpha value is -2.06. The van der Waals surface area contributed by atoms with Crippen LogP contribution in [0.3, 0.4) is 0 Å². The van der Waals surface area contributed by atoms with Crippen molar-refractivity contribution in [2.24, 2.45) is 5.10 Å². The van der Waals surface area contributed by atoms with E-state index in [1.54, 1.807) is 45.0 Å². The van der Waals surface area contributed by atoms with Crippen LogP contribution in [0.15, 0.2) is 29.4 Å². The van der Waals surface area contributed by atoms with Crippen molar-refractivity contribution >= 4 is 22.9 Å². The Kier molecular flexibility index (Phi) is 4.90. The molecule has 1 N–H and O–H groups in total. The lowest BCUT2D eigenvalue weighted by atomic mass is 10.2. The molecule has 0 saturated carbocycles. The number of nitriles is 1. The lowest BCUT2D eigenvalue weighted by Gasteiger charge is -2.18. The maximum atomic E-state index is 11.4. The fourth-order valence-electron chi connectivity index (χ4n) is 1.14. The summed E-state index contributed by atoms with van der Waals surface area (Å²) in [6.45, 7) is 5.25. The predicted molar refractivity (Wildman–Crippen MR) is 72.9 cm³/mol. The first-order chi connectivity index (χ1) is 8.81. The molecule has 0 atom stereocenters. The van der Waals surface area contributed by atoms with Crippen LogP contribution in [0.4, 0.5) is 4.79 Å². The topological polar surface area (TPSA) is 74.5 Å². The largest absolute Gasteiger partial charge is 0.443 e. The van der Waals surface area contributed by atoms with Crippen molar-refractivity contribution in [2.75, 3.05) is 0 Å². The number of hydrogen-bond acceptors (Lipinski definition) is 4. The number of nitrogens with one attached hydrogen (secondary N) is 1. The quantitative estimate of drug-likeness (QED) is 0.668. The second kappa shape index (κ2) is 6.21. The average Bonchev–Trinajstić information content (AvgIpc) is 2.34. The average molecular weight is 280 g/mol. The molecule has 0 aromatic heterocycles. The van der Waals surface area contributed by atoms with Crippen LogP contribution >= 0.6 is 11.6 Å². The predicted octanol–water partition coefficient (Wildman–Crippen LogP) is 2.98. The van der Waals surface area contributed by atoms with Crippen molar-refractivity contribution in [2.45, 2.75) is 26.4 Å². The van der Waals surface area contributed by atoms with Crippen molar-refractivity contribution in [3.63, 3.8) is 0 Å². The summed E-state index contributed by atoms with van der Waals surface area (Å²) in [5, 5.41) is 12.5. The van der Waals surface area contributed by atoms with Gasteiger partial charge in [-0.25, -0.2) is 10.2 Å². The first-order valence-electron chi connectivity index (χ1n) is 5.54. The van der Waals surface area contributed by atoms with Gasteiger partial charge in [0.05, 0.1) is 11.6 Å². The number of amides is 1. The summed E-state index contributed by atoms with van der Waals surface area (Å²) in [6.07, 6.45) is -0.681. The zero-order valence-corrected chi connectivity index (χ0v) is 11.7. The van der Waals surface area contributed by atoms with E-state index >= 15 is 0 Å². The summed E-state index contributed by atoms with van der Waals surface area (Å²) in [5.41, 5.74) is 2.71. The monoisotopic (exact) mass is 279 g/mol. The first-order valence-corrected chi connectivity index (χ1v) is 5.92. The second-order valence-corrected chi connectivity index (χ2v) is 5.06. The minimum atomic E-state index is -0.681. The Balaban J connectivity index is 2.67. The van der Waals surface area contributed by atoms with Crippen LogP contribution in [0.1, 0.15) is 31.9 Å². The number of ether oxygens (including phenoxy) is 1. The van der Waals surface area contributed by atoms with Gasteiger partial charge in [0, 0.05) is 5.56 Å². The molecule has 1 rings (SSSR count). The highest BCUT2D eigenvalue weighted by molar-refractivity contribution is 6.69. The van der Waals surface area contributed by atoms with E-state index in [-0.39, 0.29) is 5.17 Å². The molecule has 0 aliphatic heterocycles. The van der Waals surface area contributed by atoms with E-state index in [2.05, 4.69) is 10.5 Å². The number of nitrogens with zero attached hydrogens (tertiary/aromatic N) is 2. The number of carbonyl (C=O) groups excluding carboxylic acids is 1. The lowest BCUT2D eigenvalue weighted by Crippen LogP contribution is -2.30. The lowest BCUT2D eigenvalue weighted by molar-refractivity contribution is 0.0529. The molecule has 100 valence electrons. The number of hydrogen-bond donors (Lipinski definition) is 1. The van der Waals surface area contributed by atoms with E-state index in [0.717, 1.165) is 0 Å². The molecule has 1 aromatic carbocycles. The van der Waals surface area contributed by atoms with Gasteiger partial charge in [-0.2, -0.15) is 10.4 Å². The number of hydrazone groups is 1. The molecule has 0 aliphatic carbocycles. The standard InChI is InChI=1S/C13H14ClN3O2/c1-13(2,3)19-12(18)17-16-11(14)10-6-4-9(8-15)5-7-10/h4-7H,1-3H3,(H,17,18)/b16-11+. The number of benzene rings is 1. The van der Waals surface area contributed by atoms with Crippen molar-refractivity contribution in [1.82, 2.24) is 5.43 Å². The van der Waals surface area contributed by atoms with Gasteiger partial charge in [-0.15, -0.1) is 0 Å². The highest BCUT2D eigenvalue weighted by Crippen LogP contribution is 2.08. The molecular weight excluding hydrogens is 266 g/mol.